The van der Waals surface area contributed by atoms with Crippen LogP contribution in [0.15, 0.2) is 28.0 Å². The first-order chi connectivity index (χ1) is 6.72. The van der Waals surface area contributed by atoms with Crippen molar-refractivity contribution in [2.24, 2.45) is 5.73 Å². The molecule has 1 aromatic rings. The Morgan fingerprint density at radius 2 is 1.86 bits per heavy atom. The van der Waals surface area contributed by atoms with E-state index in [0.717, 1.165) is 0 Å². The van der Waals surface area contributed by atoms with E-state index in [4.69, 9.17) is 5.73 Å². The normalized spacial score (nSPS) is 12.9. The fourth-order valence-electron chi connectivity index (χ4n) is 1.30. The van der Waals surface area contributed by atoms with Gasteiger partial charge < -0.3 is 5.73 Å². The molecular weight excluding hydrogens is 210 g/mol. The topological polar surface area (TPSA) is 26.0 Å². The number of thioether (sulfide) groups is 2. The van der Waals surface area contributed by atoms with Gasteiger partial charge in [0, 0.05) is 9.79 Å². The molecule has 1 unspecified atom stereocenters. The number of nitrogens with two attached hydrogens (primary N) is 1. The van der Waals surface area contributed by atoms with Crippen LogP contribution in [0.3, 0.4) is 0 Å². The lowest BCUT2D eigenvalue weighted by molar-refractivity contribution is 0.769. The van der Waals surface area contributed by atoms with Gasteiger partial charge in [-0.15, -0.1) is 23.5 Å². The maximum atomic E-state index is 5.65. The van der Waals surface area contributed by atoms with Gasteiger partial charge in [-0.05, 0) is 42.7 Å². The number of hydrogen-bond acceptors (Lipinski definition) is 3. The molecule has 0 heterocycles. The van der Waals surface area contributed by atoms with E-state index in [9.17, 15) is 0 Å². The van der Waals surface area contributed by atoms with Gasteiger partial charge in [0.15, 0.2) is 0 Å². The highest BCUT2D eigenvalue weighted by molar-refractivity contribution is 8.01. The average molecular weight is 227 g/mol. The molecule has 1 rings (SSSR count). The predicted octanol–water partition coefficient (Wildman–Crippen LogP) is 3.19. The fourth-order valence-corrected chi connectivity index (χ4v) is 2.78. The minimum Gasteiger partial charge on any atom is -0.330 e. The van der Waals surface area contributed by atoms with Gasteiger partial charge in [0.1, 0.15) is 0 Å². The predicted molar refractivity (Wildman–Crippen MR) is 67.5 cm³/mol. The van der Waals surface area contributed by atoms with Crippen molar-refractivity contribution in [2.75, 3.05) is 19.1 Å². The summed E-state index contributed by atoms with van der Waals surface area (Å²) in [7, 11) is 0. The molecule has 0 aliphatic rings. The van der Waals surface area contributed by atoms with Crippen molar-refractivity contribution in [3.63, 3.8) is 0 Å². The summed E-state index contributed by atoms with van der Waals surface area (Å²) in [5.41, 5.74) is 7.00. The molecule has 1 aromatic carbocycles. The Labute approximate surface area is 94.8 Å². The molecule has 0 fully saturated rings. The van der Waals surface area contributed by atoms with Crippen LogP contribution < -0.4 is 5.73 Å². The molecule has 0 radical (unpaired) electrons. The third-order valence-electron chi connectivity index (χ3n) is 2.33. The van der Waals surface area contributed by atoms with Gasteiger partial charge in [0.25, 0.3) is 0 Å². The second-order valence-electron chi connectivity index (χ2n) is 3.25. The first-order valence-electron chi connectivity index (χ1n) is 4.65. The van der Waals surface area contributed by atoms with E-state index in [-0.39, 0.29) is 0 Å². The van der Waals surface area contributed by atoms with E-state index in [1.165, 1.54) is 15.4 Å². The van der Waals surface area contributed by atoms with Crippen molar-refractivity contribution in [3.8, 4) is 0 Å². The molecule has 0 aromatic heterocycles. The van der Waals surface area contributed by atoms with Crippen LogP contribution in [0.1, 0.15) is 18.4 Å². The highest BCUT2D eigenvalue weighted by Crippen LogP contribution is 2.30. The van der Waals surface area contributed by atoms with Crippen molar-refractivity contribution >= 4 is 23.5 Å². The number of benzene rings is 1. The van der Waals surface area contributed by atoms with Gasteiger partial charge >= 0.3 is 0 Å². The number of rotatable bonds is 4. The van der Waals surface area contributed by atoms with Gasteiger partial charge in [-0.1, -0.05) is 13.0 Å². The zero-order valence-electron chi connectivity index (χ0n) is 8.91. The summed E-state index contributed by atoms with van der Waals surface area (Å²) in [5.74, 6) is 0.455. The van der Waals surface area contributed by atoms with Crippen LogP contribution >= 0.6 is 23.5 Å². The Hall–Kier alpha value is -0.120. The molecule has 0 aliphatic carbocycles. The fraction of sp³-hybridized carbons (Fsp3) is 0.455. The zero-order valence-corrected chi connectivity index (χ0v) is 10.5. The summed E-state index contributed by atoms with van der Waals surface area (Å²) in [5, 5.41) is 0. The van der Waals surface area contributed by atoms with Crippen molar-refractivity contribution in [1.29, 1.82) is 0 Å². The summed E-state index contributed by atoms with van der Waals surface area (Å²) >= 11 is 3.60. The van der Waals surface area contributed by atoms with Crippen LogP contribution in [0, 0.1) is 0 Å². The molecule has 3 heteroatoms. The minimum atomic E-state index is 0.455. The van der Waals surface area contributed by atoms with Crippen LogP contribution in [-0.4, -0.2) is 19.1 Å². The van der Waals surface area contributed by atoms with Crippen molar-refractivity contribution in [2.45, 2.75) is 22.6 Å². The Bertz CT molecular complexity index is 299. The molecule has 2 N–H and O–H groups in total. The summed E-state index contributed by atoms with van der Waals surface area (Å²) in [6, 6.07) is 6.63. The zero-order chi connectivity index (χ0) is 10.6. The van der Waals surface area contributed by atoms with E-state index < -0.39 is 0 Å². The van der Waals surface area contributed by atoms with Crippen molar-refractivity contribution < 1.29 is 0 Å². The largest absolute Gasteiger partial charge is 0.330 e. The molecule has 14 heavy (non-hydrogen) atoms. The molecule has 1 nitrogen and oxygen atoms in total. The highest BCUT2D eigenvalue weighted by Gasteiger charge is 2.06. The lowest BCUT2D eigenvalue weighted by Gasteiger charge is -2.12. The quantitative estimate of drug-likeness (QED) is 0.800. The van der Waals surface area contributed by atoms with E-state index in [2.05, 4.69) is 37.6 Å². The molecule has 0 amide bonds. The maximum Gasteiger partial charge on any atom is 0.0208 e. The van der Waals surface area contributed by atoms with E-state index in [1.54, 1.807) is 23.5 Å². The first-order valence-corrected chi connectivity index (χ1v) is 7.09. The third-order valence-corrected chi connectivity index (χ3v) is 4.03. The Morgan fingerprint density at radius 1 is 1.21 bits per heavy atom. The second-order valence-corrected chi connectivity index (χ2v) is 4.95. The summed E-state index contributed by atoms with van der Waals surface area (Å²) in [6.07, 6.45) is 4.23. The van der Waals surface area contributed by atoms with Gasteiger partial charge in [0.2, 0.25) is 0 Å². The molecule has 1 atom stereocenters. The third kappa shape index (κ3) is 2.69. The Morgan fingerprint density at radius 3 is 2.36 bits per heavy atom. The number of hydrogen-bond donors (Lipinski definition) is 1. The first kappa shape index (κ1) is 12.0. The monoisotopic (exact) mass is 227 g/mol. The van der Waals surface area contributed by atoms with Crippen molar-refractivity contribution in [3.05, 3.63) is 23.8 Å². The smallest absolute Gasteiger partial charge is 0.0208 e. The van der Waals surface area contributed by atoms with Gasteiger partial charge in [0.05, 0.1) is 0 Å². The molecule has 78 valence electrons. The lowest BCUT2D eigenvalue weighted by Crippen LogP contribution is -2.08. The van der Waals surface area contributed by atoms with Crippen LogP contribution in [0.4, 0.5) is 0 Å². The molecule has 0 spiro atoms. The van der Waals surface area contributed by atoms with Crippen LogP contribution in [0.5, 0.6) is 0 Å². The van der Waals surface area contributed by atoms with Crippen LogP contribution in [0.2, 0.25) is 0 Å². The van der Waals surface area contributed by atoms with Crippen LogP contribution in [0.25, 0.3) is 0 Å². The van der Waals surface area contributed by atoms with Gasteiger partial charge in [-0.3, -0.25) is 0 Å². The Balaban J connectivity index is 3.01. The van der Waals surface area contributed by atoms with Gasteiger partial charge in [-0.25, -0.2) is 0 Å². The Kier molecular flexibility index (Phi) is 4.85. The van der Waals surface area contributed by atoms with Crippen LogP contribution in [-0.2, 0) is 0 Å². The second kappa shape index (κ2) is 5.69. The molecule has 0 bridgehead atoms. The van der Waals surface area contributed by atoms with E-state index >= 15 is 0 Å². The summed E-state index contributed by atoms with van der Waals surface area (Å²) in [4.78, 5) is 2.71. The highest BCUT2D eigenvalue weighted by atomic mass is 32.2. The van der Waals surface area contributed by atoms with Gasteiger partial charge in [-0.2, -0.15) is 0 Å². The molecule has 0 saturated carbocycles. The van der Waals surface area contributed by atoms with Crippen molar-refractivity contribution in [1.82, 2.24) is 0 Å². The molecule has 0 aliphatic heterocycles. The SMILES string of the molecule is CSc1ccc(C(C)CN)cc1SC. The lowest BCUT2D eigenvalue weighted by atomic mass is 10.0. The summed E-state index contributed by atoms with van der Waals surface area (Å²) in [6.45, 7) is 2.88. The minimum absolute atomic E-state index is 0.455. The maximum absolute atomic E-state index is 5.65. The molecular formula is C11H17NS2. The summed E-state index contributed by atoms with van der Waals surface area (Å²) < 4.78 is 0. The standard InChI is InChI=1S/C11H17NS2/c1-8(7-12)9-4-5-10(13-2)11(6-9)14-3/h4-6,8H,7,12H2,1-3H3. The molecule has 0 saturated heterocycles. The average Bonchev–Trinajstić information content (AvgIpc) is 2.26. The van der Waals surface area contributed by atoms with E-state index in [1.807, 2.05) is 0 Å². The van der Waals surface area contributed by atoms with E-state index in [0.29, 0.717) is 12.5 Å².